The van der Waals surface area contributed by atoms with Crippen molar-refractivity contribution >= 4 is 11.7 Å². The molecule has 1 aromatic carbocycles. The molecular formula is C18H25N5O2. The van der Waals surface area contributed by atoms with Gasteiger partial charge in [0.15, 0.2) is 5.82 Å². The second kappa shape index (κ2) is 8.62. The molecule has 0 atom stereocenters. The molecule has 1 saturated carbocycles. The zero-order valence-corrected chi connectivity index (χ0v) is 14.6. The monoisotopic (exact) mass is 343 g/mol. The molecule has 1 heterocycles. The molecule has 0 aliphatic heterocycles. The summed E-state index contributed by atoms with van der Waals surface area (Å²) in [5.74, 6) is 0.699. The van der Waals surface area contributed by atoms with E-state index in [-0.39, 0.29) is 6.03 Å². The molecule has 7 heteroatoms. The maximum absolute atomic E-state index is 12.0. The minimum absolute atomic E-state index is 0.270. The second-order valence-electron chi connectivity index (χ2n) is 6.44. The molecule has 1 aromatic heterocycles. The fraction of sp³-hybridized carbons (Fsp3) is 0.500. The first-order chi connectivity index (χ1) is 12.2. The molecule has 0 unspecified atom stereocenters. The zero-order chi connectivity index (χ0) is 17.5. The topological polar surface area (TPSA) is 81.1 Å². The highest BCUT2D eigenvalue weighted by atomic mass is 16.5. The first-order valence-electron chi connectivity index (χ1n) is 8.79. The second-order valence-corrected chi connectivity index (χ2v) is 6.44. The predicted octanol–water partition coefficient (Wildman–Crippen LogP) is 2.99. The van der Waals surface area contributed by atoms with E-state index >= 15 is 0 Å². The molecule has 3 rings (SSSR count). The summed E-state index contributed by atoms with van der Waals surface area (Å²) in [6, 6.07) is 7.49. The number of nitrogens with one attached hydrogen (secondary N) is 2. The average Bonchev–Trinajstić information content (AvgIpc) is 3.04. The van der Waals surface area contributed by atoms with Gasteiger partial charge in [-0.3, -0.25) is 0 Å². The summed E-state index contributed by atoms with van der Waals surface area (Å²) in [6.45, 7) is 0.910. The van der Waals surface area contributed by atoms with Gasteiger partial charge in [-0.1, -0.05) is 31.4 Å². The van der Waals surface area contributed by atoms with E-state index < -0.39 is 0 Å². The molecule has 2 N–H and O–H groups in total. The van der Waals surface area contributed by atoms with Gasteiger partial charge in [0.05, 0.1) is 19.3 Å². The molecule has 7 nitrogen and oxygen atoms in total. The quantitative estimate of drug-likeness (QED) is 0.845. The Hall–Kier alpha value is -2.41. The third-order valence-corrected chi connectivity index (χ3v) is 4.43. The highest BCUT2D eigenvalue weighted by Crippen LogP contribution is 2.22. The molecule has 1 aliphatic rings. The Morgan fingerprint density at radius 2 is 2.16 bits per heavy atom. The molecule has 1 fully saturated rings. The molecule has 0 bridgehead atoms. The minimum Gasteiger partial charge on any atom is -0.374 e. The van der Waals surface area contributed by atoms with Crippen LogP contribution in [0.25, 0.3) is 0 Å². The molecule has 134 valence electrons. The van der Waals surface area contributed by atoms with Crippen molar-refractivity contribution in [1.82, 2.24) is 20.1 Å². The lowest BCUT2D eigenvalue weighted by Crippen LogP contribution is -2.29. The van der Waals surface area contributed by atoms with E-state index in [9.17, 15) is 4.79 Å². The fourth-order valence-electron chi connectivity index (χ4n) is 2.99. The van der Waals surface area contributed by atoms with Crippen LogP contribution in [0, 0.1) is 0 Å². The Labute approximate surface area is 147 Å². The largest absolute Gasteiger partial charge is 0.374 e. The Kier molecular flexibility index (Phi) is 6.00. The van der Waals surface area contributed by atoms with Crippen molar-refractivity contribution in [1.29, 1.82) is 0 Å². The number of nitrogens with zero attached hydrogens (tertiary/aromatic N) is 3. The Morgan fingerprint density at radius 3 is 2.92 bits per heavy atom. The lowest BCUT2D eigenvalue weighted by atomic mass is 9.98. The van der Waals surface area contributed by atoms with Crippen molar-refractivity contribution in [3.05, 3.63) is 42.0 Å². The van der Waals surface area contributed by atoms with Gasteiger partial charge in [-0.2, -0.15) is 0 Å². The van der Waals surface area contributed by atoms with Crippen LogP contribution in [0.5, 0.6) is 0 Å². The third-order valence-electron chi connectivity index (χ3n) is 4.43. The minimum atomic E-state index is -0.270. The van der Waals surface area contributed by atoms with Crippen molar-refractivity contribution in [2.24, 2.45) is 7.05 Å². The molecule has 2 aromatic rings. The van der Waals surface area contributed by atoms with Crippen molar-refractivity contribution in [3.8, 4) is 0 Å². The Morgan fingerprint density at radius 1 is 1.32 bits per heavy atom. The van der Waals surface area contributed by atoms with Gasteiger partial charge >= 0.3 is 6.03 Å². The van der Waals surface area contributed by atoms with Crippen molar-refractivity contribution in [2.45, 2.75) is 51.4 Å². The van der Waals surface area contributed by atoms with Crippen LogP contribution in [0.15, 0.2) is 30.6 Å². The zero-order valence-electron chi connectivity index (χ0n) is 14.6. The number of ether oxygens (including phenoxy) is 1. The van der Waals surface area contributed by atoms with Crippen LogP contribution < -0.4 is 10.6 Å². The van der Waals surface area contributed by atoms with Gasteiger partial charge in [0.25, 0.3) is 0 Å². The van der Waals surface area contributed by atoms with E-state index in [1.807, 2.05) is 31.3 Å². The number of anilines is 1. The summed E-state index contributed by atoms with van der Waals surface area (Å²) in [6.07, 6.45) is 8.13. The fourth-order valence-corrected chi connectivity index (χ4v) is 2.99. The van der Waals surface area contributed by atoms with Crippen LogP contribution in [-0.4, -0.2) is 26.9 Å². The van der Waals surface area contributed by atoms with Gasteiger partial charge in [-0.15, -0.1) is 10.2 Å². The van der Waals surface area contributed by atoms with Crippen LogP contribution in [0.4, 0.5) is 10.5 Å². The maximum Gasteiger partial charge on any atom is 0.319 e. The molecule has 0 radical (unpaired) electrons. The van der Waals surface area contributed by atoms with Crippen LogP contribution in [-0.2, 0) is 24.9 Å². The van der Waals surface area contributed by atoms with Crippen molar-refractivity contribution in [2.75, 3.05) is 5.32 Å². The highest BCUT2D eigenvalue weighted by Gasteiger charge is 2.13. The predicted molar refractivity (Wildman–Crippen MR) is 95.0 cm³/mol. The molecule has 1 aliphatic carbocycles. The van der Waals surface area contributed by atoms with E-state index in [2.05, 4.69) is 20.8 Å². The van der Waals surface area contributed by atoms with E-state index in [1.165, 1.54) is 19.3 Å². The smallest absolute Gasteiger partial charge is 0.319 e. The normalized spacial score (nSPS) is 15.1. The first kappa shape index (κ1) is 17.4. The molecule has 0 saturated heterocycles. The molecular weight excluding hydrogens is 318 g/mol. The number of urea groups is 1. The number of benzene rings is 1. The molecule has 0 spiro atoms. The number of amides is 2. The maximum atomic E-state index is 12.0. The Bertz CT molecular complexity index is 694. The van der Waals surface area contributed by atoms with Crippen LogP contribution in [0.2, 0.25) is 0 Å². The Balaban J connectivity index is 1.47. The molecule has 25 heavy (non-hydrogen) atoms. The third kappa shape index (κ3) is 5.29. The SMILES string of the molecule is Cn1cnnc1CNC(=O)Nc1cccc(COC2CCCCC2)c1. The van der Waals surface area contributed by atoms with E-state index in [4.69, 9.17) is 4.74 Å². The lowest BCUT2D eigenvalue weighted by Gasteiger charge is -2.22. The van der Waals surface area contributed by atoms with Crippen molar-refractivity contribution < 1.29 is 9.53 Å². The van der Waals surface area contributed by atoms with E-state index in [1.54, 1.807) is 10.9 Å². The standard InChI is InChI=1S/C18H25N5O2/c1-23-13-20-22-17(23)11-19-18(24)21-15-7-5-6-14(10-15)12-25-16-8-3-2-4-9-16/h5-7,10,13,16H,2-4,8-9,11-12H2,1H3,(H2,19,21,24). The number of carbonyl (C=O) groups excluding carboxylic acids is 1. The van der Waals surface area contributed by atoms with Crippen LogP contribution >= 0.6 is 0 Å². The van der Waals surface area contributed by atoms with Gasteiger partial charge < -0.3 is 19.9 Å². The van der Waals surface area contributed by atoms with Gasteiger partial charge in [-0.25, -0.2) is 4.79 Å². The lowest BCUT2D eigenvalue weighted by molar-refractivity contribution is 0.0169. The average molecular weight is 343 g/mol. The highest BCUT2D eigenvalue weighted by molar-refractivity contribution is 5.89. The number of hydrogen-bond acceptors (Lipinski definition) is 4. The van der Waals surface area contributed by atoms with Gasteiger partial charge in [0.1, 0.15) is 6.33 Å². The number of aryl methyl sites for hydroxylation is 1. The van der Waals surface area contributed by atoms with Gasteiger partial charge in [0, 0.05) is 12.7 Å². The number of rotatable bonds is 6. The number of aromatic nitrogens is 3. The van der Waals surface area contributed by atoms with E-state index in [0.717, 1.165) is 24.1 Å². The summed E-state index contributed by atoms with van der Waals surface area (Å²) in [4.78, 5) is 12.0. The number of hydrogen-bond donors (Lipinski definition) is 2. The summed E-state index contributed by atoms with van der Waals surface area (Å²) in [5, 5.41) is 13.3. The van der Waals surface area contributed by atoms with Crippen LogP contribution in [0.1, 0.15) is 43.5 Å². The van der Waals surface area contributed by atoms with Crippen LogP contribution in [0.3, 0.4) is 0 Å². The summed E-state index contributed by atoms with van der Waals surface area (Å²) in [5.41, 5.74) is 1.82. The summed E-state index contributed by atoms with van der Waals surface area (Å²) < 4.78 is 7.76. The summed E-state index contributed by atoms with van der Waals surface area (Å²) in [7, 11) is 1.84. The van der Waals surface area contributed by atoms with Gasteiger partial charge in [0.2, 0.25) is 0 Å². The van der Waals surface area contributed by atoms with E-state index in [0.29, 0.717) is 25.1 Å². The van der Waals surface area contributed by atoms with Crippen molar-refractivity contribution in [3.63, 3.8) is 0 Å². The summed E-state index contributed by atoms with van der Waals surface area (Å²) >= 11 is 0. The first-order valence-corrected chi connectivity index (χ1v) is 8.79. The molecule has 2 amide bonds. The number of carbonyl (C=O) groups is 1. The van der Waals surface area contributed by atoms with Gasteiger partial charge in [-0.05, 0) is 30.5 Å².